The van der Waals surface area contributed by atoms with Crippen LogP contribution in [0.25, 0.3) is 11.4 Å². The van der Waals surface area contributed by atoms with Crippen LogP contribution in [0.2, 0.25) is 0 Å². The number of hydrogen-bond donors (Lipinski definition) is 1. The smallest absolute Gasteiger partial charge is 0.236 e. The molecule has 24 heavy (non-hydrogen) atoms. The zero-order valence-electron chi connectivity index (χ0n) is 13.1. The van der Waals surface area contributed by atoms with Gasteiger partial charge in [0.15, 0.2) is 11.0 Å². The first kappa shape index (κ1) is 16.5. The second kappa shape index (κ2) is 7.49. The Kier molecular flexibility index (Phi) is 5.16. The van der Waals surface area contributed by atoms with Crippen LogP contribution in [0.3, 0.4) is 0 Å². The summed E-state index contributed by atoms with van der Waals surface area (Å²) < 4.78 is 1.84. The molecule has 1 N–H and O–H groups in total. The quantitative estimate of drug-likeness (QED) is 0.671. The van der Waals surface area contributed by atoms with Crippen LogP contribution in [0, 0.1) is 0 Å². The molecule has 0 aliphatic rings. The summed E-state index contributed by atoms with van der Waals surface area (Å²) >= 11 is 2.70. The van der Waals surface area contributed by atoms with Gasteiger partial charge in [-0.2, -0.15) is 0 Å². The molecule has 0 aliphatic carbocycles. The molecule has 0 saturated heterocycles. The highest BCUT2D eigenvalue weighted by Gasteiger charge is 2.14. The molecular weight excluding hydrogens is 346 g/mol. The predicted octanol–water partition coefficient (Wildman–Crippen LogP) is 2.02. The Morgan fingerprint density at radius 1 is 1.33 bits per heavy atom. The van der Waals surface area contributed by atoms with Crippen LogP contribution in [0.1, 0.15) is 11.9 Å². The van der Waals surface area contributed by atoms with Crippen LogP contribution in [-0.4, -0.2) is 41.6 Å². The molecule has 10 heteroatoms. The van der Waals surface area contributed by atoms with Crippen LogP contribution in [0.5, 0.6) is 0 Å². The van der Waals surface area contributed by atoms with E-state index in [-0.39, 0.29) is 11.7 Å². The van der Waals surface area contributed by atoms with Gasteiger partial charge in [0.2, 0.25) is 11.0 Å². The zero-order chi connectivity index (χ0) is 16.9. The van der Waals surface area contributed by atoms with Gasteiger partial charge in [-0.05, 0) is 18.6 Å². The highest BCUT2D eigenvalue weighted by Crippen LogP contribution is 2.22. The summed E-state index contributed by atoms with van der Waals surface area (Å²) in [6.45, 7) is 2.00. The number of amides is 1. The van der Waals surface area contributed by atoms with Crippen molar-refractivity contribution in [2.45, 2.75) is 18.5 Å². The molecule has 0 fully saturated rings. The molecule has 0 spiro atoms. The van der Waals surface area contributed by atoms with E-state index in [1.807, 2.05) is 30.7 Å². The maximum Gasteiger partial charge on any atom is 0.236 e. The fourth-order valence-electron chi connectivity index (χ4n) is 1.92. The Labute approximate surface area is 146 Å². The molecule has 0 aromatic carbocycles. The molecule has 3 rings (SSSR count). The SMILES string of the molecule is CCc1nnc(NC(=O)CSc2nnc(-c3cccnc3)n2C)s1. The zero-order valence-corrected chi connectivity index (χ0v) is 14.8. The number of nitrogens with one attached hydrogen (secondary N) is 1. The maximum atomic E-state index is 12.0. The minimum absolute atomic E-state index is 0.148. The number of nitrogens with zero attached hydrogens (tertiary/aromatic N) is 6. The van der Waals surface area contributed by atoms with E-state index in [0.717, 1.165) is 17.0 Å². The Morgan fingerprint density at radius 2 is 2.21 bits per heavy atom. The Bertz CT molecular complexity index is 831. The molecule has 1 amide bonds. The van der Waals surface area contributed by atoms with Crippen molar-refractivity contribution in [3.05, 3.63) is 29.5 Å². The molecule has 0 bridgehead atoms. The van der Waals surface area contributed by atoms with Gasteiger partial charge < -0.3 is 4.57 Å². The van der Waals surface area contributed by atoms with Crippen molar-refractivity contribution in [1.29, 1.82) is 0 Å². The molecule has 124 valence electrons. The van der Waals surface area contributed by atoms with E-state index < -0.39 is 0 Å². The number of rotatable bonds is 6. The van der Waals surface area contributed by atoms with E-state index in [9.17, 15) is 4.79 Å². The topological polar surface area (TPSA) is 98.5 Å². The van der Waals surface area contributed by atoms with E-state index in [4.69, 9.17) is 0 Å². The molecule has 3 aromatic heterocycles. The van der Waals surface area contributed by atoms with Crippen LogP contribution < -0.4 is 5.32 Å². The third kappa shape index (κ3) is 3.77. The van der Waals surface area contributed by atoms with Gasteiger partial charge in [-0.3, -0.25) is 15.1 Å². The number of carbonyl (C=O) groups excluding carboxylic acids is 1. The Balaban J connectivity index is 1.60. The second-order valence-corrected chi connectivity index (χ2v) is 6.80. The third-order valence-electron chi connectivity index (χ3n) is 3.10. The van der Waals surface area contributed by atoms with Gasteiger partial charge in [0.05, 0.1) is 5.75 Å². The number of thioether (sulfide) groups is 1. The predicted molar refractivity (Wildman–Crippen MR) is 92.9 cm³/mol. The summed E-state index contributed by atoms with van der Waals surface area (Å²) in [4.78, 5) is 16.1. The number of anilines is 1. The van der Waals surface area contributed by atoms with E-state index in [2.05, 4.69) is 30.7 Å². The van der Waals surface area contributed by atoms with Crippen LogP contribution >= 0.6 is 23.1 Å². The molecule has 0 unspecified atom stereocenters. The van der Waals surface area contributed by atoms with E-state index in [0.29, 0.717) is 16.1 Å². The number of pyridine rings is 1. The van der Waals surface area contributed by atoms with E-state index >= 15 is 0 Å². The summed E-state index contributed by atoms with van der Waals surface area (Å²) in [5, 5.41) is 21.0. The van der Waals surface area contributed by atoms with Crippen LogP contribution in [-0.2, 0) is 18.3 Å². The molecule has 0 radical (unpaired) electrons. The van der Waals surface area contributed by atoms with E-state index in [1.54, 1.807) is 12.4 Å². The highest BCUT2D eigenvalue weighted by molar-refractivity contribution is 7.99. The van der Waals surface area contributed by atoms with Gasteiger partial charge in [-0.1, -0.05) is 30.0 Å². The highest BCUT2D eigenvalue weighted by atomic mass is 32.2. The third-order valence-corrected chi connectivity index (χ3v) is 5.11. The monoisotopic (exact) mass is 361 g/mol. The van der Waals surface area contributed by atoms with E-state index in [1.165, 1.54) is 23.1 Å². The summed E-state index contributed by atoms with van der Waals surface area (Å²) in [6, 6.07) is 3.76. The van der Waals surface area contributed by atoms with Crippen molar-refractivity contribution in [1.82, 2.24) is 29.9 Å². The number of hydrogen-bond acceptors (Lipinski definition) is 8. The number of carbonyl (C=O) groups is 1. The average molecular weight is 361 g/mol. The second-order valence-electron chi connectivity index (χ2n) is 4.80. The fraction of sp³-hybridized carbons (Fsp3) is 0.286. The molecule has 0 saturated carbocycles. The minimum atomic E-state index is -0.148. The number of aromatic nitrogens is 6. The van der Waals surface area contributed by atoms with Crippen molar-refractivity contribution in [3.8, 4) is 11.4 Å². The van der Waals surface area contributed by atoms with Gasteiger partial charge in [-0.25, -0.2) is 0 Å². The first-order valence-electron chi connectivity index (χ1n) is 7.22. The first-order valence-corrected chi connectivity index (χ1v) is 9.02. The summed E-state index contributed by atoms with van der Waals surface area (Å²) in [5.74, 6) is 0.785. The average Bonchev–Trinajstić information content (AvgIpc) is 3.20. The standard InChI is InChI=1S/C14H15N7OS2/c1-3-11-17-19-13(24-11)16-10(22)8-23-14-20-18-12(21(14)2)9-5-4-6-15-7-9/h4-7H,3,8H2,1-2H3,(H,16,19,22). The van der Waals surface area contributed by atoms with Gasteiger partial charge in [0.25, 0.3) is 0 Å². The van der Waals surface area contributed by atoms with Crippen molar-refractivity contribution >= 4 is 34.1 Å². The minimum Gasteiger partial charge on any atom is -0.305 e. The summed E-state index contributed by atoms with van der Waals surface area (Å²) in [7, 11) is 1.86. The van der Waals surface area contributed by atoms with Crippen molar-refractivity contribution in [2.24, 2.45) is 7.05 Å². The largest absolute Gasteiger partial charge is 0.305 e. The molecule has 3 aromatic rings. The normalized spacial score (nSPS) is 10.8. The lowest BCUT2D eigenvalue weighted by Gasteiger charge is -2.03. The van der Waals surface area contributed by atoms with Crippen molar-refractivity contribution < 1.29 is 4.79 Å². The van der Waals surface area contributed by atoms with Crippen LogP contribution in [0.15, 0.2) is 29.7 Å². The van der Waals surface area contributed by atoms with Gasteiger partial charge in [0.1, 0.15) is 5.01 Å². The van der Waals surface area contributed by atoms with Gasteiger partial charge in [0, 0.05) is 25.0 Å². The molecular formula is C14H15N7OS2. The summed E-state index contributed by atoms with van der Waals surface area (Å²) in [6.07, 6.45) is 4.24. The lowest BCUT2D eigenvalue weighted by atomic mass is 10.3. The Hall–Kier alpha value is -2.33. The number of aryl methyl sites for hydroxylation is 1. The first-order chi connectivity index (χ1) is 11.7. The van der Waals surface area contributed by atoms with Crippen molar-refractivity contribution in [2.75, 3.05) is 11.1 Å². The van der Waals surface area contributed by atoms with Gasteiger partial charge >= 0.3 is 0 Å². The lowest BCUT2D eigenvalue weighted by Crippen LogP contribution is -2.14. The fourth-order valence-corrected chi connectivity index (χ4v) is 3.33. The molecule has 8 nitrogen and oxygen atoms in total. The van der Waals surface area contributed by atoms with Crippen molar-refractivity contribution in [3.63, 3.8) is 0 Å². The lowest BCUT2D eigenvalue weighted by molar-refractivity contribution is -0.113. The van der Waals surface area contributed by atoms with Gasteiger partial charge in [-0.15, -0.1) is 20.4 Å². The molecule has 3 heterocycles. The molecule has 0 aliphatic heterocycles. The Morgan fingerprint density at radius 3 is 2.92 bits per heavy atom. The van der Waals surface area contributed by atoms with Crippen LogP contribution in [0.4, 0.5) is 5.13 Å². The molecule has 0 atom stereocenters. The summed E-state index contributed by atoms with van der Waals surface area (Å²) in [5.41, 5.74) is 0.879. The maximum absolute atomic E-state index is 12.0.